The lowest BCUT2D eigenvalue weighted by molar-refractivity contribution is -0.147. The van der Waals surface area contributed by atoms with Gasteiger partial charge in [0, 0.05) is 21.1 Å². The summed E-state index contributed by atoms with van der Waals surface area (Å²) in [5, 5.41) is 2.79. The summed E-state index contributed by atoms with van der Waals surface area (Å²) in [6, 6.07) is 11.7. The van der Waals surface area contributed by atoms with Crippen molar-refractivity contribution < 1.29 is 33.4 Å². The summed E-state index contributed by atoms with van der Waals surface area (Å²) in [5.41, 5.74) is 0.232. The van der Waals surface area contributed by atoms with Gasteiger partial charge in [-0.25, -0.2) is 0 Å². The van der Waals surface area contributed by atoms with Crippen LogP contribution in [-0.4, -0.2) is 104 Å². The minimum Gasteiger partial charge on any atom is -0.493 e. The fraction of sp³-hybridized carbons (Fsp3) is 0.543. The standard InChI is InChI=1S/C35H50N4O7/c1-23(2)19-25-22-46-29-14-10-9-13-26(29)33(41)36-27(21-32(40)39(7)28(20-24(3)4)35(43)38(25)6)34(42)37(5)17-18-45-31-16-12-11-15-30(31)44-8/h9-16,23-25,27-28H,17-22H2,1-8H3,(H,36,41)/t25-,27+,28+/m1/s1. The molecule has 0 saturated carbocycles. The molecule has 11 heteroatoms. The van der Waals surface area contributed by atoms with Gasteiger partial charge < -0.3 is 34.2 Å². The number of methoxy groups -OCH3 is 1. The van der Waals surface area contributed by atoms with Gasteiger partial charge in [0.05, 0.1) is 31.7 Å². The molecular formula is C35H50N4O7. The normalized spacial score (nSPS) is 19.7. The molecule has 0 bridgehead atoms. The van der Waals surface area contributed by atoms with Gasteiger partial charge in [-0.3, -0.25) is 19.2 Å². The molecule has 0 aromatic heterocycles. The molecule has 0 aliphatic carbocycles. The van der Waals surface area contributed by atoms with Gasteiger partial charge in [0.2, 0.25) is 17.7 Å². The van der Waals surface area contributed by atoms with Crippen LogP contribution in [0.4, 0.5) is 0 Å². The van der Waals surface area contributed by atoms with Crippen molar-refractivity contribution in [1.82, 2.24) is 20.0 Å². The number of nitrogens with one attached hydrogen (secondary N) is 1. The van der Waals surface area contributed by atoms with Crippen LogP contribution in [0.1, 0.15) is 57.3 Å². The number of hydrogen-bond acceptors (Lipinski definition) is 7. The maximum atomic E-state index is 14.0. The van der Waals surface area contributed by atoms with E-state index in [1.54, 1.807) is 69.6 Å². The molecule has 0 radical (unpaired) electrons. The third-order valence-electron chi connectivity index (χ3n) is 8.15. The summed E-state index contributed by atoms with van der Waals surface area (Å²) in [6.07, 6.45) is 0.782. The number of benzene rings is 2. The molecule has 2 aromatic rings. The largest absolute Gasteiger partial charge is 0.493 e. The number of rotatable bonds is 10. The van der Waals surface area contributed by atoms with E-state index in [4.69, 9.17) is 14.2 Å². The van der Waals surface area contributed by atoms with Crippen molar-refractivity contribution in [3.8, 4) is 17.2 Å². The van der Waals surface area contributed by atoms with Crippen molar-refractivity contribution in [2.45, 2.75) is 65.1 Å². The Morgan fingerprint density at radius 1 is 0.957 bits per heavy atom. The Morgan fingerprint density at radius 2 is 1.59 bits per heavy atom. The Morgan fingerprint density at radius 3 is 2.24 bits per heavy atom. The van der Waals surface area contributed by atoms with Crippen LogP contribution in [0.5, 0.6) is 17.2 Å². The van der Waals surface area contributed by atoms with Crippen LogP contribution in [-0.2, 0) is 14.4 Å². The Labute approximate surface area is 273 Å². The van der Waals surface area contributed by atoms with Gasteiger partial charge in [0.25, 0.3) is 5.91 Å². The number of amides is 4. The average molecular weight is 639 g/mol. The molecule has 3 rings (SSSR count). The molecule has 0 saturated heterocycles. The Bertz CT molecular complexity index is 1350. The quantitative estimate of drug-likeness (QED) is 0.420. The predicted molar refractivity (Wildman–Crippen MR) is 176 cm³/mol. The van der Waals surface area contributed by atoms with Crippen LogP contribution in [0.25, 0.3) is 0 Å². The highest BCUT2D eigenvalue weighted by atomic mass is 16.5. The van der Waals surface area contributed by atoms with Crippen LogP contribution >= 0.6 is 0 Å². The van der Waals surface area contributed by atoms with E-state index in [1.807, 2.05) is 26.0 Å². The summed E-state index contributed by atoms with van der Waals surface area (Å²) in [5.74, 6) is 0.200. The third-order valence-corrected chi connectivity index (χ3v) is 8.15. The van der Waals surface area contributed by atoms with Gasteiger partial charge in [0.1, 0.15) is 31.0 Å². The zero-order valence-electron chi connectivity index (χ0n) is 28.4. The van der Waals surface area contributed by atoms with Gasteiger partial charge >= 0.3 is 0 Å². The van der Waals surface area contributed by atoms with Crippen molar-refractivity contribution in [2.24, 2.45) is 11.8 Å². The van der Waals surface area contributed by atoms with E-state index in [2.05, 4.69) is 19.2 Å². The average Bonchev–Trinajstić information content (AvgIpc) is 3.03. The van der Waals surface area contributed by atoms with Gasteiger partial charge in [-0.15, -0.1) is 0 Å². The van der Waals surface area contributed by atoms with Gasteiger partial charge in [-0.1, -0.05) is 52.0 Å². The molecule has 4 amide bonds. The number of carbonyl (C=O) groups is 4. The monoisotopic (exact) mass is 638 g/mol. The molecule has 2 aromatic carbocycles. The number of ether oxygens (including phenoxy) is 3. The minimum atomic E-state index is -1.20. The summed E-state index contributed by atoms with van der Waals surface area (Å²) in [4.78, 5) is 59.8. The van der Waals surface area contributed by atoms with Gasteiger partial charge in [-0.2, -0.15) is 0 Å². The SMILES string of the molecule is COc1ccccc1OCCN(C)C(=O)[C@@H]1CC(=O)N(C)[C@@H](CC(C)C)C(=O)N(C)[C@H](CC(C)C)COc2ccccc2C(=O)N1. The van der Waals surface area contributed by atoms with Crippen LogP contribution < -0.4 is 19.5 Å². The first kappa shape index (κ1) is 36.2. The van der Waals surface area contributed by atoms with E-state index in [0.717, 1.165) is 0 Å². The van der Waals surface area contributed by atoms with Crippen LogP contribution in [0.3, 0.4) is 0 Å². The second-order valence-corrected chi connectivity index (χ2v) is 12.7. The van der Waals surface area contributed by atoms with Crippen molar-refractivity contribution in [3.05, 3.63) is 54.1 Å². The highest BCUT2D eigenvalue weighted by Crippen LogP contribution is 2.26. The minimum absolute atomic E-state index is 0.120. The Kier molecular flexibility index (Phi) is 13.3. The Balaban J connectivity index is 1.93. The molecule has 0 fully saturated rings. The molecule has 1 aliphatic rings. The second-order valence-electron chi connectivity index (χ2n) is 12.7. The van der Waals surface area contributed by atoms with Gasteiger partial charge in [0.15, 0.2) is 11.5 Å². The molecule has 3 atom stereocenters. The molecule has 1 aliphatic heterocycles. The first-order valence-corrected chi connectivity index (χ1v) is 15.9. The highest BCUT2D eigenvalue weighted by molar-refractivity contribution is 6.01. The summed E-state index contributed by atoms with van der Waals surface area (Å²) in [7, 11) is 6.46. The molecule has 1 heterocycles. The predicted octanol–water partition coefficient (Wildman–Crippen LogP) is 3.86. The zero-order valence-corrected chi connectivity index (χ0v) is 28.4. The fourth-order valence-corrected chi connectivity index (χ4v) is 5.47. The summed E-state index contributed by atoms with van der Waals surface area (Å²) in [6.45, 7) is 8.64. The second kappa shape index (κ2) is 16.9. The van der Waals surface area contributed by atoms with Crippen LogP contribution in [0.15, 0.2) is 48.5 Å². The molecular weight excluding hydrogens is 588 g/mol. The molecule has 0 unspecified atom stereocenters. The van der Waals surface area contributed by atoms with Crippen LogP contribution in [0.2, 0.25) is 0 Å². The topological polar surface area (TPSA) is 118 Å². The van der Waals surface area contributed by atoms with E-state index in [1.165, 1.54) is 9.80 Å². The lowest BCUT2D eigenvalue weighted by Gasteiger charge is -2.37. The van der Waals surface area contributed by atoms with Crippen LogP contribution in [0, 0.1) is 11.8 Å². The van der Waals surface area contributed by atoms with E-state index in [9.17, 15) is 19.2 Å². The van der Waals surface area contributed by atoms with Crippen molar-refractivity contribution in [2.75, 3.05) is 48.0 Å². The van der Waals surface area contributed by atoms with Crippen molar-refractivity contribution >= 4 is 23.6 Å². The van der Waals surface area contributed by atoms with Crippen molar-refractivity contribution in [1.29, 1.82) is 0 Å². The van der Waals surface area contributed by atoms with E-state index in [-0.39, 0.29) is 55.5 Å². The number of nitrogens with zero attached hydrogens (tertiary/aromatic N) is 3. The fourth-order valence-electron chi connectivity index (χ4n) is 5.47. The maximum absolute atomic E-state index is 14.0. The molecule has 252 valence electrons. The number of para-hydroxylation sites is 3. The first-order valence-electron chi connectivity index (χ1n) is 15.9. The van der Waals surface area contributed by atoms with E-state index in [0.29, 0.717) is 30.1 Å². The smallest absolute Gasteiger partial charge is 0.255 e. The zero-order chi connectivity index (χ0) is 34.0. The lowest BCUT2D eigenvalue weighted by Crippen LogP contribution is -2.55. The number of fused-ring (bicyclic) bond motifs is 1. The maximum Gasteiger partial charge on any atom is 0.255 e. The first-order chi connectivity index (χ1) is 21.8. The summed E-state index contributed by atoms with van der Waals surface area (Å²) < 4.78 is 17.4. The molecule has 0 spiro atoms. The molecule has 1 N–H and O–H groups in total. The molecule has 11 nitrogen and oxygen atoms in total. The number of likely N-dealkylation sites (N-methyl/N-ethyl adjacent to an activating group) is 3. The van der Waals surface area contributed by atoms with E-state index >= 15 is 0 Å². The third kappa shape index (κ3) is 9.61. The number of carbonyl (C=O) groups excluding carboxylic acids is 4. The van der Waals surface area contributed by atoms with Gasteiger partial charge in [-0.05, 0) is 48.9 Å². The Hall–Kier alpha value is -4.28. The highest BCUT2D eigenvalue weighted by Gasteiger charge is 2.36. The summed E-state index contributed by atoms with van der Waals surface area (Å²) >= 11 is 0. The molecule has 46 heavy (non-hydrogen) atoms. The van der Waals surface area contributed by atoms with Crippen molar-refractivity contribution in [3.63, 3.8) is 0 Å². The van der Waals surface area contributed by atoms with E-state index < -0.39 is 29.8 Å². The lowest BCUT2D eigenvalue weighted by atomic mass is 9.98. The number of hydrogen-bond donors (Lipinski definition) is 1.